The predicted octanol–water partition coefficient (Wildman–Crippen LogP) is 3.91. The van der Waals surface area contributed by atoms with E-state index in [9.17, 15) is 13.2 Å². The maximum Gasteiger partial charge on any atom is 0.241 e. The van der Waals surface area contributed by atoms with Crippen molar-refractivity contribution in [3.05, 3.63) is 63.7 Å². The molecule has 7 heteroatoms. The second kappa shape index (κ2) is 8.31. The standard InChI is InChI=1S/C20H25ClN2O3S/c1-13-10-15(3)19(11-14(13)2)16(4)22-20(24)12-23(27(5,25)26)18-8-6-17(21)7-9-18/h6-11,16H,12H2,1-5H3,(H,22,24)/t16-/m0/s1. The third-order valence-electron chi connectivity index (χ3n) is 4.53. The molecule has 0 aromatic heterocycles. The normalized spacial score (nSPS) is 12.5. The van der Waals surface area contributed by atoms with Crippen molar-refractivity contribution in [1.29, 1.82) is 0 Å². The highest BCUT2D eigenvalue weighted by Gasteiger charge is 2.22. The Morgan fingerprint density at radius 2 is 1.63 bits per heavy atom. The molecule has 1 amide bonds. The molecule has 2 aromatic carbocycles. The Morgan fingerprint density at radius 1 is 1.07 bits per heavy atom. The Balaban J connectivity index is 2.19. The molecule has 146 valence electrons. The minimum Gasteiger partial charge on any atom is -0.348 e. The van der Waals surface area contributed by atoms with Gasteiger partial charge in [0.25, 0.3) is 0 Å². The summed E-state index contributed by atoms with van der Waals surface area (Å²) >= 11 is 5.86. The molecule has 0 aliphatic rings. The Bertz CT molecular complexity index is 940. The molecule has 0 fully saturated rings. The van der Waals surface area contributed by atoms with Gasteiger partial charge in [-0.15, -0.1) is 0 Å². The number of anilines is 1. The zero-order valence-corrected chi connectivity index (χ0v) is 17.8. The molecule has 0 aliphatic heterocycles. The number of halogens is 1. The van der Waals surface area contributed by atoms with Crippen molar-refractivity contribution in [2.75, 3.05) is 17.1 Å². The molecule has 2 aromatic rings. The number of hydrogen-bond donors (Lipinski definition) is 1. The third kappa shape index (κ3) is 5.47. The molecule has 0 heterocycles. The van der Waals surface area contributed by atoms with Crippen LogP contribution in [0, 0.1) is 20.8 Å². The molecule has 0 radical (unpaired) electrons. The van der Waals surface area contributed by atoms with E-state index in [0.717, 1.165) is 27.3 Å². The van der Waals surface area contributed by atoms with Gasteiger partial charge in [0.2, 0.25) is 15.9 Å². The van der Waals surface area contributed by atoms with Gasteiger partial charge < -0.3 is 5.32 Å². The van der Waals surface area contributed by atoms with Gasteiger partial charge in [0.15, 0.2) is 0 Å². The number of nitrogens with one attached hydrogen (secondary N) is 1. The van der Waals surface area contributed by atoms with E-state index >= 15 is 0 Å². The van der Waals surface area contributed by atoms with Crippen LogP contribution in [0.5, 0.6) is 0 Å². The van der Waals surface area contributed by atoms with Crippen molar-refractivity contribution in [2.45, 2.75) is 33.7 Å². The average molecular weight is 409 g/mol. The minimum atomic E-state index is -3.62. The molecule has 0 saturated carbocycles. The van der Waals surface area contributed by atoms with Gasteiger partial charge in [0.1, 0.15) is 6.54 Å². The van der Waals surface area contributed by atoms with Gasteiger partial charge in [0, 0.05) is 5.02 Å². The SMILES string of the molecule is Cc1cc(C)c([C@H](C)NC(=O)CN(c2ccc(Cl)cc2)S(C)(=O)=O)cc1C. The van der Waals surface area contributed by atoms with Crippen molar-refractivity contribution in [2.24, 2.45) is 0 Å². The zero-order valence-electron chi connectivity index (χ0n) is 16.2. The van der Waals surface area contributed by atoms with E-state index in [4.69, 9.17) is 11.6 Å². The van der Waals surface area contributed by atoms with E-state index in [1.807, 2.05) is 27.7 Å². The number of amides is 1. The van der Waals surface area contributed by atoms with E-state index in [2.05, 4.69) is 17.4 Å². The number of hydrogen-bond acceptors (Lipinski definition) is 3. The van der Waals surface area contributed by atoms with Gasteiger partial charge in [-0.05, 0) is 74.2 Å². The second-order valence-corrected chi connectivity index (χ2v) is 9.17. The van der Waals surface area contributed by atoms with Crippen LogP contribution in [0.4, 0.5) is 5.69 Å². The molecular formula is C20H25ClN2O3S. The van der Waals surface area contributed by atoms with E-state index in [-0.39, 0.29) is 18.5 Å². The van der Waals surface area contributed by atoms with Crippen LogP contribution in [0.15, 0.2) is 36.4 Å². The Morgan fingerprint density at radius 3 is 2.19 bits per heavy atom. The number of sulfonamides is 1. The average Bonchev–Trinajstić information content (AvgIpc) is 2.56. The molecule has 0 spiro atoms. The number of nitrogens with zero attached hydrogens (tertiary/aromatic N) is 1. The molecule has 1 N–H and O–H groups in total. The maximum absolute atomic E-state index is 12.5. The first-order chi connectivity index (χ1) is 12.5. The molecule has 0 bridgehead atoms. The number of carbonyl (C=O) groups excluding carboxylic acids is 1. The van der Waals surface area contributed by atoms with Crippen molar-refractivity contribution >= 4 is 33.2 Å². The van der Waals surface area contributed by atoms with Crippen LogP contribution < -0.4 is 9.62 Å². The van der Waals surface area contributed by atoms with Crippen molar-refractivity contribution in [3.63, 3.8) is 0 Å². The summed E-state index contributed by atoms with van der Waals surface area (Å²) in [5.74, 6) is -0.375. The number of aryl methyl sites for hydroxylation is 3. The molecule has 0 unspecified atom stereocenters. The lowest BCUT2D eigenvalue weighted by atomic mass is 9.96. The van der Waals surface area contributed by atoms with Gasteiger partial charge >= 0.3 is 0 Å². The molecule has 0 saturated heterocycles. The molecule has 2 rings (SSSR count). The maximum atomic E-state index is 12.5. The highest BCUT2D eigenvalue weighted by molar-refractivity contribution is 7.92. The molecular weight excluding hydrogens is 384 g/mol. The lowest BCUT2D eigenvalue weighted by Gasteiger charge is -2.24. The summed E-state index contributed by atoms with van der Waals surface area (Å²) in [6.07, 6.45) is 1.08. The van der Waals surface area contributed by atoms with Crippen LogP contribution >= 0.6 is 11.6 Å². The number of benzene rings is 2. The fourth-order valence-electron chi connectivity index (χ4n) is 2.95. The summed E-state index contributed by atoms with van der Waals surface area (Å²) in [5.41, 5.74) is 4.84. The van der Waals surface area contributed by atoms with Crippen LogP contribution in [-0.2, 0) is 14.8 Å². The lowest BCUT2D eigenvalue weighted by Crippen LogP contribution is -2.41. The lowest BCUT2D eigenvalue weighted by molar-refractivity contribution is -0.120. The van der Waals surface area contributed by atoms with Crippen molar-refractivity contribution < 1.29 is 13.2 Å². The van der Waals surface area contributed by atoms with E-state index in [0.29, 0.717) is 10.7 Å². The predicted molar refractivity (Wildman–Crippen MR) is 111 cm³/mol. The number of carbonyl (C=O) groups is 1. The minimum absolute atomic E-state index is 0.233. The summed E-state index contributed by atoms with van der Waals surface area (Å²) in [4.78, 5) is 12.5. The Hall–Kier alpha value is -2.05. The largest absolute Gasteiger partial charge is 0.348 e. The molecule has 27 heavy (non-hydrogen) atoms. The first-order valence-corrected chi connectivity index (χ1v) is 10.8. The highest BCUT2D eigenvalue weighted by Crippen LogP contribution is 2.23. The summed E-state index contributed by atoms with van der Waals surface area (Å²) in [6.45, 7) is 7.67. The first-order valence-electron chi connectivity index (χ1n) is 8.59. The molecule has 0 aliphatic carbocycles. The molecule has 1 atom stereocenters. The Kier molecular flexibility index (Phi) is 6.54. The van der Waals surface area contributed by atoms with Crippen LogP contribution in [-0.4, -0.2) is 27.1 Å². The summed E-state index contributed by atoms with van der Waals surface area (Å²) in [6, 6.07) is 10.2. The monoisotopic (exact) mass is 408 g/mol. The third-order valence-corrected chi connectivity index (χ3v) is 5.92. The number of rotatable bonds is 6. The summed E-state index contributed by atoms with van der Waals surface area (Å²) in [7, 11) is -3.62. The van der Waals surface area contributed by atoms with Gasteiger partial charge in [0.05, 0.1) is 18.0 Å². The zero-order chi connectivity index (χ0) is 20.4. The fourth-order valence-corrected chi connectivity index (χ4v) is 3.93. The summed E-state index contributed by atoms with van der Waals surface area (Å²) in [5, 5.41) is 3.39. The van der Waals surface area contributed by atoms with Crippen LogP contribution in [0.1, 0.15) is 35.2 Å². The smallest absolute Gasteiger partial charge is 0.241 e. The fraction of sp³-hybridized carbons (Fsp3) is 0.350. The first kappa shape index (κ1) is 21.3. The summed E-state index contributed by atoms with van der Waals surface area (Å²) < 4.78 is 25.4. The van der Waals surface area contributed by atoms with Gasteiger partial charge in [-0.2, -0.15) is 0 Å². The van der Waals surface area contributed by atoms with E-state index in [1.54, 1.807) is 24.3 Å². The van der Waals surface area contributed by atoms with Crippen LogP contribution in [0.2, 0.25) is 5.02 Å². The van der Waals surface area contributed by atoms with Crippen molar-refractivity contribution in [1.82, 2.24) is 5.32 Å². The highest BCUT2D eigenvalue weighted by atomic mass is 35.5. The van der Waals surface area contributed by atoms with Gasteiger partial charge in [-0.1, -0.05) is 23.7 Å². The topological polar surface area (TPSA) is 66.5 Å². The molecule has 5 nitrogen and oxygen atoms in total. The Labute approximate surface area is 166 Å². The van der Waals surface area contributed by atoms with Gasteiger partial charge in [-0.25, -0.2) is 8.42 Å². The van der Waals surface area contributed by atoms with Crippen molar-refractivity contribution in [3.8, 4) is 0 Å². The van der Waals surface area contributed by atoms with E-state index < -0.39 is 10.0 Å². The van der Waals surface area contributed by atoms with E-state index in [1.165, 1.54) is 5.56 Å². The van der Waals surface area contributed by atoms with Crippen LogP contribution in [0.3, 0.4) is 0 Å². The van der Waals surface area contributed by atoms with Crippen LogP contribution in [0.25, 0.3) is 0 Å². The second-order valence-electron chi connectivity index (χ2n) is 6.83. The quantitative estimate of drug-likeness (QED) is 0.787. The van der Waals surface area contributed by atoms with Gasteiger partial charge in [-0.3, -0.25) is 9.10 Å².